The Labute approximate surface area is 77.0 Å². The summed E-state index contributed by atoms with van der Waals surface area (Å²) in [5.41, 5.74) is 0. The molecular weight excluding hydrogens is 153 g/mol. The maximum atomic E-state index is 9.50. The van der Waals surface area contributed by atoms with Gasteiger partial charge in [0.2, 0.25) is 0 Å². The third-order valence-electron chi connectivity index (χ3n) is 1.83. The van der Waals surface area contributed by atoms with E-state index in [0.717, 1.165) is 0 Å². The Hall–Kier alpha value is -0.110. The fraction of sp³-hybridized carbons (Fsp3) is 1.00. The minimum absolute atomic E-state index is 0.500. The van der Waals surface area contributed by atoms with Crippen LogP contribution < -0.4 is 0 Å². The number of hydrogen-bond donors (Lipinski definition) is 0. The summed E-state index contributed by atoms with van der Waals surface area (Å²) in [4.78, 5) is 2.42. The molecule has 0 saturated carbocycles. The van der Waals surface area contributed by atoms with E-state index in [2.05, 4.69) is 11.9 Å². The summed E-state index contributed by atoms with van der Waals surface area (Å²) in [7, 11) is 2.71. The third kappa shape index (κ3) is 9.89. The van der Waals surface area contributed by atoms with Crippen LogP contribution in [0.25, 0.3) is 0 Å². The maximum absolute atomic E-state index is 9.50. The molecular formula is C10H24FN. The van der Waals surface area contributed by atoms with Gasteiger partial charge in [-0.2, -0.15) is 0 Å². The molecule has 0 spiro atoms. The predicted octanol–water partition coefficient (Wildman–Crippen LogP) is 3.10. The van der Waals surface area contributed by atoms with E-state index in [-0.39, 0.29) is 0 Å². The fourth-order valence-electron chi connectivity index (χ4n) is 1.23. The van der Waals surface area contributed by atoms with Gasteiger partial charge in [0.05, 0.1) is 7.18 Å². The van der Waals surface area contributed by atoms with Crippen LogP contribution in [0.2, 0.25) is 0 Å². The first-order valence-corrected chi connectivity index (χ1v) is 4.96. The molecule has 0 unspecified atom stereocenters. The zero-order valence-electron chi connectivity index (χ0n) is 9.07. The van der Waals surface area contributed by atoms with Gasteiger partial charge in [-0.25, -0.2) is 0 Å². The normalized spacial score (nSPS) is 17.8. The molecule has 0 radical (unpaired) electrons. The number of nitrogens with zero attached hydrogens (tertiary/aromatic N) is 1. The minimum atomic E-state index is 0.500. The Morgan fingerprint density at radius 1 is 0.833 bits per heavy atom. The van der Waals surface area contributed by atoms with Crippen LogP contribution in [0.4, 0.5) is 4.39 Å². The summed E-state index contributed by atoms with van der Waals surface area (Å²) >= 11 is 0. The molecule has 0 amide bonds. The van der Waals surface area contributed by atoms with Gasteiger partial charge in [-0.3, -0.25) is 4.39 Å². The van der Waals surface area contributed by atoms with E-state index in [1.54, 1.807) is 0 Å². The molecule has 0 N–H and O–H groups in total. The van der Waals surface area contributed by atoms with Crippen molar-refractivity contribution >= 4 is 0 Å². The summed E-state index contributed by atoms with van der Waals surface area (Å²) in [6, 6.07) is 0. The lowest BCUT2D eigenvalue weighted by Crippen LogP contribution is -2.18. The molecule has 0 aromatic rings. The first-order chi connectivity index (χ1) is 5.89. The fourth-order valence-corrected chi connectivity index (χ4v) is 1.23. The zero-order valence-corrected chi connectivity index (χ0v) is 9.07. The van der Waals surface area contributed by atoms with Crippen LogP contribution in [0.5, 0.6) is 0 Å². The van der Waals surface area contributed by atoms with Crippen molar-refractivity contribution < 1.29 is 4.39 Å². The monoisotopic (exact) mass is 177 g/mol. The van der Waals surface area contributed by atoms with Crippen LogP contribution in [-0.2, 0) is 0 Å². The highest BCUT2D eigenvalue weighted by atomic mass is 19.1. The molecule has 1 rings (SSSR count). The van der Waals surface area contributed by atoms with Gasteiger partial charge in [0.25, 0.3) is 0 Å². The highest BCUT2D eigenvalue weighted by Gasteiger charge is 2.01. The smallest absolute Gasteiger partial charge is 0.0785 e. The molecule has 12 heavy (non-hydrogen) atoms. The van der Waals surface area contributed by atoms with Crippen LogP contribution in [0.15, 0.2) is 0 Å². The van der Waals surface area contributed by atoms with Crippen molar-refractivity contribution in [1.82, 2.24) is 4.90 Å². The van der Waals surface area contributed by atoms with Gasteiger partial charge >= 0.3 is 0 Å². The molecule has 1 heterocycles. The molecule has 0 aromatic carbocycles. The average Bonchev–Trinajstić information content (AvgIpc) is 2.40. The Morgan fingerprint density at radius 3 is 1.50 bits per heavy atom. The minimum Gasteiger partial charge on any atom is -0.306 e. The van der Waals surface area contributed by atoms with Gasteiger partial charge in [0.1, 0.15) is 0 Å². The van der Waals surface area contributed by atoms with Crippen LogP contribution >= 0.6 is 0 Å². The van der Waals surface area contributed by atoms with Crippen LogP contribution in [0, 0.1) is 0 Å². The summed E-state index contributed by atoms with van der Waals surface area (Å²) in [6.45, 7) is 6.64. The van der Waals surface area contributed by atoms with Crippen molar-refractivity contribution in [3.8, 4) is 0 Å². The maximum Gasteiger partial charge on any atom is 0.0785 e. The Balaban J connectivity index is 0. The van der Waals surface area contributed by atoms with Crippen molar-refractivity contribution in [2.45, 2.75) is 39.5 Å². The molecule has 0 bridgehead atoms. The van der Waals surface area contributed by atoms with E-state index in [9.17, 15) is 4.39 Å². The van der Waals surface area contributed by atoms with Gasteiger partial charge in [-0.05, 0) is 33.0 Å². The molecule has 1 aliphatic rings. The van der Waals surface area contributed by atoms with Crippen molar-refractivity contribution in [3.05, 3.63) is 0 Å². The summed E-state index contributed by atoms with van der Waals surface area (Å²) < 4.78 is 9.50. The lowest BCUT2D eigenvalue weighted by atomic mass is 10.2. The highest BCUT2D eigenvalue weighted by molar-refractivity contribution is 4.57. The standard InChI is InChI=1S/C7H15N.C2H6.CH3F/c1-8-6-4-2-3-5-7-8;2*1-2/h2-7H2,1H3;1-2H3;1H3. The van der Waals surface area contributed by atoms with E-state index in [1.165, 1.54) is 38.8 Å². The van der Waals surface area contributed by atoms with Crippen molar-refractivity contribution in [2.24, 2.45) is 0 Å². The second-order valence-electron chi connectivity index (χ2n) is 2.72. The number of likely N-dealkylation sites (tertiary alicyclic amines) is 1. The number of halogens is 1. The molecule has 1 aliphatic heterocycles. The highest BCUT2D eigenvalue weighted by Crippen LogP contribution is 2.06. The Morgan fingerprint density at radius 2 is 1.17 bits per heavy atom. The van der Waals surface area contributed by atoms with Gasteiger partial charge in [-0.15, -0.1) is 0 Å². The van der Waals surface area contributed by atoms with Crippen LogP contribution in [0.3, 0.4) is 0 Å². The molecule has 2 heteroatoms. The molecule has 1 fully saturated rings. The number of rotatable bonds is 0. The van der Waals surface area contributed by atoms with Gasteiger partial charge in [0.15, 0.2) is 0 Å². The zero-order chi connectivity index (χ0) is 9.82. The van der Waals surface area contributed by atoms with Crippen molar-refractivity contribution in [2.75, 3.05) is 27.3 Å². The SMILES string of the molecule is CC.CF.CN1CCCCCC1. The molecule has 0 aromatic heterocycles. The second kappa shape index (κ2) is 13.5. The second-order valence-corrected chi connectivity index (χ2v) is 2.72. The van der Waals surface area contributed by atoms with Gasteiger partial charge in [0, 0.05) is 0 Å². The quantitative estimate of drug-likeness (QED) is 0.549. The predicted molar refractivity (Wildman–Crippen MR) is 54.3 cm³/mol. The average molecular weight is 177 g/mol. The lowest BCUT2D eigenvalue weighted by Gasteiger charge is -2.10. The summed E-state index contributed by atoms with van der Waals surface area (Å²) in [5, 5.41) is 0. The van der Waals surface area contributed by atoms with E-state index < -0.39 is 0 Å². The van der Waals surface area contributed by atoms with E-state index >= 15 is 0 Å². The van der Waals surface area contributed by atoms with Crippen LogP contribution in [-0.4, -0.2) is 32.2 Å². The van der Waals surface area contributed by atoms with E-state index in [4.69, 9.17) is 0 Å². The Kier molecular flexibility index (Phi) is 16.2. The van der Waals surface area contributed by atoms with Gasteiger partial charge in [-0.1, -0.05) is 26.7 Å². The van der Waals surface area contributed by atoms with E-state index in [1.807, 2.05) is 13.8 Å². The topological polar surface area (TPSA) is 3.24 Å². The van der Waals surface area contributed by atoms with Crippen LogP contribution in [0.1, 0.15) is 39.5 Å². The third-order valence-corrected chi connectivity index (χ3v) is 1.83. The van der Waals surface area contributed by atoms with E-state index in [0.29, 0.717) is 7.18 Å². The lowest BCUT2D eigenvalue weighted by molar-refractivity contribution is 0.349. The first kappa shape index (κ1) is 14.4. The van der Waals surface area contributed by atoms with Crippen molar-refractivity contribution in [1.29, 1.82) is 0 Å². The summed E-state index contributed by atoms with van der Waals surface area (Å²) in [6.07, 6.45) is 5.72. The van der Waals surface area contributed by atoms with Gasteiger partial charge < -0.3 is 4.90 Å². The largest absolute Gasteiger partial charge is 0.306 e. The first-order valence-electron chi connectivity index (χ1n) is 4.96. The molecule has 1 saturated heterocycles. The molecule has 0 aliphatic carbocycles. The number of alkyl halides is 1. The Bertz CT molecular complexity index is 58.9. The van der Waals surface area contributed by atoms with Crippen molar-refractivity contribution in [3.63, 3.8) is 0 Å². The molecule has 1 nitrogen and oxygen atoms in total. The number of hydrogen-bond acceptors (Lipinski definition) is 1. The molecule has 0 atom stereocenters. The molecule has 76 valence electrons. The summed E-state index contributed by atoms with van der Waals surface area (Å²) in [5.74, 6) is 0.